The topological polar surface area (TPSA) is 46.9 Å². The molecular formula is C13H15N3O. The molecule has 0 unspecified atom stereocenters. The van der Waals surface area contributed by atoms with Crippen molar-refractivity contribution in [2.45, 2.75) is 13.5 Å². The summed E-state index contributed by atoms with van der Waals surface area (Å²) in [4.78, 5) is 10.7. The molecule has 17 heavy (non-hydrogen) atoms. The van der Waals surface area contributed by atoms with E-state index in [-0.39, 0.29) is 5.91 Å². The van der Waals surface area contributed by atoms with Crippen molar-refractivity contribution < 1.29 is 4.79 Å². The van der Waals surface area contributed by atoms with Gasteiger partial charge in [0.2, 0.25) is 5.91 Å². The van der Waals surface area contributed by atoms with Crippen LogP contribution in [0.15, 0.2) is 42.7 Å². The highest BCUT2D eigenvalue weighted by molar-refractivity contribution is 5.72. The number of carbonyl (C=O) groups excluding carboxylic acids is 1. The van der Waals surface area contributed by atoms with Crippen LogP contribution in [-0.4, -0.2) is 22.2 Å². The number of rotatable bonds is 4. The Bertz CT molecular complexity index is 490. The first kappa shape index (κ1) is 11.4. The first-order valence-corrected chi connectivity index (χ1v) is 5.58. The Balaban J connectivity index is 1.99. The van der Waals surface area contributed by atoms with Gasteiger partial charge in [-0.3, -0.25) is 9.48 Å². The predicted octanol–water partition coefficient (Wildman–Crippen LogP) is 1.69. The maximum absolute atomic E-state index is 10.7. The quantitative estimate of drug-likeness (QED) is 0.867. The van der Waals surface area contributed by atoms with E-state index in [0.29, 0.717) is 13.1 Å². The van der Waals surface area contributed by atoms with Crippen molar-refractivity contribution in [1.29, 1.82) is 0 Å². The fraction of sp³-hybridized carbons (Fsp3) is 0.231. The van der Waals surface area contributed by atoms with E-state index in [4.69, 9.17) is 0 Å². The second-order valence-electron chi connectivity index (χ2n) is 3.84. The molecule has 0 aliphatic rings. The molecule has 88 valence electrons. The van der Waals surface area contributed by atoms with Crippen LogP contribution in [-0.2, 0) is 11.3 Å². The summed E-state index contributed by atoms with van der Waals surface area (Å²) < 4.78 is 1.83. The third-order valence-corrected chi connectivity index (χ3v) is 2.46. The highest BCUT2D eigenvalue weighted by Crippen LogP contribution is 2.17. The van der Waals surface area contributed by atoms with Gasteiger partial charge in [0.05, 0.1) is 12.7 Å². The van der Waals surface area contributed by atoms with Crippen molar-refractivity contribution in [1.82, 2.24) is 15.1 Å². The van der Waals surface area contributed by atoms with E-state index in [1.54, 1.807) is 0 Å². The average molecular weight is 229 g/mol. The Morgan fingerprint density at radius 1 is 1.29 bits per heavy atom. The van der Waals surface area contributed by atoms with Gasteiger partial charge in [0, 0.05) is 25.2 Å². The summed E-state index contributed by atoms with van der Waals surface area (Å²) in [6.07, 6.45) is 3.82. The Hall–Kier alpha value is -2.10. The molecule has 4 heteroatoms. The Labute approximate surface area is 100 Å². The van der Waals surface area contributed by atoms with Gasteiger partial charge in [-0.15, -0.1) is 0 Å². The SMILES string of the molecule is CC(=O)NCCn1cc(-c2ccccc2)cn1. The minimum atomic E-state index is -0.0135. The lowest BCUT2D eigenvalue weighted by molar-refractivity contribution is -0.118. The maximum atomic E-state index is 10.7. The number of amides is 1. The zero-order valence-corrected chi connectivity index (χ0v) is 9.76. The molecule has 4 nitrogen and oxygen atoms in total. The van der Waals surface area contributed by atoms with Gasteiger partial charge in [0.25, 0.3) is 0 Å². The molecule has 1 aromatic heterocycles. The van der Waals surface area contributed by atoms with E-state index in [0.717, 1.165) is 11.1 Å². The van der Waals surface area contributed by atoms with E-state index >= 15 is 0 Å². The van der Waals surface area contributed by atoms with Gasteiger partial charge in [0.15, 0.2) is 0 Å². The van der Waals surface area contributed by atoms with Crippen LogP contribution in [0.5, 0.6) is 0 Å². The standard InChI is InChI=1S/C13H15N3O/c1-11(17)14-7-8-16-10-13(9-15-16)12-5-3-2-4-6-12/h2-6,9-10H,7-8H2,1H3,(H,14,17). The van der Waals surface area contributed by atoms with Gasteiger partial charge in [-0.1, -0.05) is 30.3 Å². The van der Waals surface area contributed by atoms with Crippen molar-refractivity contribution >= 4 is 5.91 Å². The number of nitrogens with zero attached hydrogens (tertiary/aromatic N) is 2. The molecule has 2 aromatic rings. The van der Waals surface area contributed by atoms with Crippen LogP contribution in [0.1, 0.15) is 6.92 Å². The molecule has 0 fully saturated rings. The number of hydrogen-bond acceptors (Lipinski definition) is 2. The van der Waals surface area contributed by atoms with Crippen LogP contribution in [0.2, 0.25) is 0 Å². The molecule has 1 amide bonds. The summed E-state index contributed by atoms with van der Waals surface area (Å²) in [5.74, 6) is -0.0135. The molecule has 0 aliphatic heterocycles. The lowest BCUT2D eigenvalue weighted by atomic mass is 10.1. The smallest absolute Gasteiger partial charge is 0.216 e. The monoisotopic (exact) mass is 229 g/mol. The molecule has 1 aromatic carbocycles. The zero-order chi connectivity index (χ0) is 12.1. The third kappa shape index (κ3) is 3.17. The summed E-state index contributed by atoms with van der Waals surface area (Å²) in [6.45, 7) is 2.80. The molecule has 0 bridgehead atoms. The largest absolute Gasteiger partial charge is 0.354 e. The first-order valence-electron chi connectivity index (χ1n) is 5.58. The van der Waals surface area contributed by atoms with Crippen LogP contribution in [0, 0.1) is 0 Å². The van der Waals surface area contributed by atoms with Crippen molar-refractivity contribution in [3.8, 4) is 11.1 Å². The first-order chi connectivity index (χ1) is 8.25. The van der Waals surface area contributed by atoms with Crippen LogP contribution in [0.4, 0.5) is 0 Å². The van der Waals surface area contributed by atoms with Gasteiger partial charge in [-0.25, -0.2) is 0 Å². The second kappa shape index (κ2) is 5.30. The number of aromatic nitrogens is 2. The van der Waals surface area contributed by atoms with E-state index in [2.05, 4.69) is 22.5 Å². The van der Waals surface area contributed by atoms with Crippen molar-refractivity contribution in [2.75, 3.05) is 6.54 Å². The summed E-state index contributed by atoms with van der Waals surface area (Å²) >= 11 is 0. The normalized spacial score (nSPS) is 10.2. The minimum Gasteiger partial charge on any atom is -0.354 e. The van der Waals surface area contributed by atoms with Crippen LogP contribution < -0.4 is 5.32 Å². The fourth-order valence-corrected chi connectivity index (χ4v) is 1.61. The molecule has 0 atom stereocenters. The minimum absolute atomic E-state index is 0.0135. The molecule has 1 N–H and O–H groups in total. The van der Waals surface area contributed by atoms with Crippen LogP contribution in [0.3, 0.4) is 0 Å². The summed E-state index contributed by atoms with van der Waals surface area (Å²) in [6, 6.07) is 10.1. The van der Waals surface area contributed by atoms with Gasteiger partial charge < -0.3 is 5.32 Å². The van der Waals surface area contributed by atoms with Crippen molar-refractivity contribution in [2.24, 2.45) is 0 Å². The molecule has 1 heterocycles. The Morgan fingerprint density at radius 2 is 2.06 bits per heavy atom. The number of nitrogens with one attached hydrogen (secondary N) is 1. The van der Waals surface area contributed by atoms with Crippen LogP contribution >= 0.6 is 0 Å². The Morgan fingerprint density at radius 3 is 2.76 bits per heavy atom. The molecular weight excluding hydrogens is 214 g/mol. The van der Waals surface area contributed by atoms with Crippen molar-refractivity contribution in [3.05, 3.63) is 42.7 Å². The number of benzene rings is 1. The summed E-state index contributed by atoms with van der Waals surface area (Å²) in [5, 5.41) is 7.00. The van der Waals surface area contributed by atoms with E-state index in [1.165, 1.54) is 6.92 Å². The molecule has 0 saturated heterocycles. The second-order valence-corrected chi connectivity index (χ2v) is 3.84. The maximum Gasteiger partial charge on any atom is 0.216 e. The molecule has 0 spiro atoms. The average Bonchev–Trinajstić information content (AvgIpc) is 2.78. The Kier molecular flexibility index (Phi) is 3.55. The molecule has 0 aliphatic carbocycles. The van der Waals surface area contributed by atoms with Gasteiger partial charge in [-0.2, -0.15) is 5.10 Å². The summed E-state index contributed by atoms with van der Waals surface area (Å²) in [7, 11) is 0. The number of carbonyl (C=O) groups is 1. The molecule has 2 rings (SSSR count). The fourth-order valence-electron chi connectivity index (χ4n) is 1.61. The number of hydrogen-bond donors (Lipinski definition) is 1. The van der Waals surface area contributed by atoms with Gasteiger partial charge >= 0.3 is 0 Å². The van der Waals surface area contributed by atoms with Crippen molar-refractivity contribution in [3.63, 3.8) is 0 Å². The van der Waals surface area contributed by atoms with E-state index in [1.807, 2.05) is 35.3 Å². The third-order valence-electron chi connectivity index (χ3n) is 2.46. The van der Waals surface area contributed by atoms with Gasteiger partial charge in [-0.05, 0) is 5.56 Å². The van der Waals surface area contributed by atoms with Crippen LogP contribution in [0.25, 0.3) is 11.1 Å². The molecule has 0 radical (unpaired) electrons. The van der Waals surface area contributed by atoms with E-state index < -0.39 is 0 Å². The predicted molar refractivity (Wildman–Crippen MR) is 66.3 cm³/mol. The van der Waals surface area contributed by atoms with E-state index in [9.17, 15) is 4.79 Å². The lowest BCUT2D eigenvalue weighted by Gasteiger charge is -2.01. The highest BCUT2D eigenvalue weighted by atomic mass is 16.1. The lowest BCUT2D eigenvalue weighted by Crippen LogP contribution is -2.24. The summed E-state index contributed by atoms with van der Waals surface area (Å²) in [5.41, 5.74) is 2.24. The zero-order valence-electron chi connectivity index (χ0n) is 9.76. The molecule has 0 saturated carbocycles. The highest BCUT2D eigenvalue weighted by Gasteiger charge is 2.00. The van der Waals surface area contributed by atoms with Gasteiger partial charge in [0.1, 0.15) is 0 Å².